The highest BCUT2D eigenvalue weighted by Crippen LogP contribution is 1.87. The third kappa shape index (κ3) is 0.781. The molecule has 0 radical (unpaired) electrons. The Morgan fingerprint density at radius 2 is 2.60 bits per heavy atom. The minimum absolute atomic E-state index is 0.697. The first kappa shape index (κ1) is 5.48. The first-order valence-corrected chi connectivity index (χ1v) is 3.47. The quantitative estimate of drug-likeness (QED) is 0.565. The second-order valence-electron chi connectivity index (χ2n) is 1.61. The van der Waals surface area contributed by atoms with Crippen LogP contribution in [-0.2, 0) is 0 Å². The summed E-state index contributed by atoms with van der Waals surface area (Å²) < 4.78 is 1.78. The Morgan fingerprint density at radius 1 is 1.60 bits per heavy atom. The summed E-state index contributed by atoms with van der Waals surface area (Å²) in [6.07, 6.45) is 3.13. The van der Waals surface area contributed by atoms with Gasteiger partial charge in [-0.25, -0.2) is 0 Å². The minimum atomic E-state index is 0.697. The van der Waals surface area contributed by atoms with E-state index in [0.29, 0.717) is 5.95 Å². The van der Waals surface area contributed by atoms with Gasteiger partial charge in [0.05, 0.1) is 0 Å². The maximum atomic E-state index is 3.93. The number of hydrogen-bond donors (Lipinski definition) is 1. The summed E-state index contributed by atoms with van der Waals surface area (Å²) in [5.41, 5.74) is 1.72. The Morgan fingerprint density at radius 3 is 3.20 bits per heavy atom. The fourth-order valence-electron chi connectivity index (χ4n) is 0.603. The van der Waals surface area contributed by atoms with Crippen LogP contribution in [0.25, 0.3) is 5.95 Å². The highest BCUT2D eigenvalue weighted by atomic mass is 32.1. The van der Waals surface area contributed by atoms with Crippen molar-refractivity contribution in [2.45, 2.75) is 0 Å². The van der Waals surface area contributed by atoms with Crippen molar-refractivity contribution in [3.8, 4) is 5.95 Å². The van der Waals surface area contributed by atoms with Gasteiger partial charge in [0, 0.05) is 11.5 Å². The monoisotopic (exact) mass is 154 g/mol. The summed E-state index contributed by atoms with van der Waals surface area (Å²) in [5.74, 6) is 0.697. The van der Waals surface area contributed by atoms with E-state index in [-0.39, 0.29) is 0 Å². The second kappa shape index (κ2) is 2.14. The van der Waals surface area contributed by atoms with Crippen molar-refractivity contribution in [2.24, 2.45) is 0 Å². The van der Waals surface area contributed by atoms with Crippen molar-refractivity contribution in [3.63, 3.8) is 0 Å². The molecule has 0 aliphatic carbocycles. The largest absolute Gasteiger partial charge is 0.387 e. The van der Waals surface area contributed by atoms with Gasteiger partial charge in [0.15, 0.2) is 5.51 Å². The third-order valence-corrected chi connectivity index (χ3v) is 1.71. The zero-order valence-electron chi connectivity index (χ0n) is 4.93. The predicted octanol–water partition coefficient (Wildman–Crippen LogP) is -0.462. The smallest absolute Gasteiger partial charge is 0.173 e. The zero-order valence-corrected chi connectivity index (χ0v) is 5.75. The van der Waals surface area contributed by atoms with Crippen LogP contribution < -0.4 is 3.96 Å². The highest BCUT2D eigenvalue weighted by molar-refractivity contribution is 6.99. The number of aromatic amines is 1. The van der Waals surface area contributed by atoms with E-state index in [4.69, 9.17) is 0 Å². The van der Waals surface area contributed by atoms with Gasteiger partial charge in [-0.3, -0.25) is 0 Å². The van der Waals surface area contributed by atoms with Crippen molar-refractivity contribution in [2.75, 3.05) is 0 Å². The summed E-state index contributed by atoms with van der Waals surface area (Å²) in [4.78, 5) is 7.80. The Kier molecular flexibility index (Phi) is 1.17. The van der Waals surface area contributed by atoms with Crippen LogP contribution in [-0.4, -0.2) is 20.2 Å². The molecule has 1 N–H and O–H groups in total. The Bertz CT molecular complexity index is 253. The molecule has 50 valence electrons. The third-order valence-electron chi connectivity index (χ3n) is 1.00. The van der Waals surface area contributed by atoms with Crippen LogP contribution >= 0.6 is 11.5 Å². The van der Waals surface area contributed by atoms with Crippen LogP contribution in [0.1, 0.15) is 0 Å². The predicted molar refractivity (Wildman–Crippen MR) is 33.6 cm³/mol. The molecule has 0 saturated carbocycles. The molecule has 0 spiro atoms. The van der Waals surface area contributed by atoms with E-state index in [2.05, 4.69) is 20.2 Å². The average molecular weight is 154 g/mol. The molecule has 0 aliphatic heterocycles. The fraction of sp³-hybridized carbons (Fsp3) is 0. The molecule has 10 heavy (non-hydrogen) atoms. The number of hydrogen-bond acceptors (Lipinski definition) is 4. The summed E-state index contributed by atoms with van der Waals surface area (Å²) in [6, 6.07) is 0. The van der Waals surface area contributed by atoms with E-state index in [1.54, 1.807) is 15.8 Å². The lowest BCUT2D eigenvalue weighted by Crippen LogP contribution is -2.25. The number of nitrogens with zero attached hydrogens (tertiary/aromatic N) is 4. The maximum absolute atomic E-state index is 3.93. The molecule has 0 fully saturated rings. The summed E-state index contributed by atoms with van der Waals surface area (Å²) in [5, 5.41) is 6.41. The number of aromatic nitrogens is 5. The van der Waals surface area contributed by atoms with Crippen LogP contribution in [0.2, 0.25) is 0 Å². The van der Waals surface area contributed by atoms with Crippen LogP contribution in [0, 0.1) is 0 Å². The first-order chi connectivity index (χ1) is 4.97. The molecule has 2 heterocycles. The van der Waals surface area contributed by atoms with Gasteiger partial charge >= 0.3 is 5.95 Å². The van der Waals surface area contributed by atoms with Crippen molar-refractivity contribution in [1.29, 1.82) is 0 Å². The van der Waals surface area contributed by atoms with E-state index in [1.165, 1.54) is 17.9 Å². The molecule has 0 unspecified atom stereocenters. The minimum Gasteiger partial charge on any atom is -0.173 e. The molecule has 5 nitrogen and oxygen atoms in total. The molecule has 0 amide bonds. The van der Waals surface area contributed by atoms with Gasteiger partial charge in [-0.15, -0.1) is 14.0 Å². The molecule has 2 aromatic heterocycles. The molecule has 2 rings (SSSR count). The van der Waals surface area contributed by atoms with Crippen LogP contribution in [0.5, 0.6) is 0 Å². The number of rotatable bonds is 1. The molecule has 6 heteroatoms. The van der Waals surface area contributed by atoms with Gasteiger partial charge in [0.25, 0.3) is 0 Å². The van der Waals surface area contributed by atoms with Gasteiger partial charge in [0.1, 0.15) is 0 Å². The molecular formula is C4H4N5S+. The molecule has 0 atom stereocenters. The first-order valence-electron chi connectivity index (χ1n) is 2.63. The standard InChI is InChI=1S/C4H4N5S/c1-6-4(8-7-1)9-2-5-3-10-9/h1-3H,(H,6,7,8)/q+1. The van der Waals surface area contributed by atoms with E-state index >= 15 is 0 Å². The Hall–Kier alpha value is -1.30. The van der Waals surface area contributed by atoms with Crippen molar-refractivity contribution in [3.05, 3.63) is 18.2 Å². The lowest BCUT2D eigenvalue weighted by atomic mass is 11.0. The summed E-state index contributed by atoms with van der Waals surface area (Å²) >= 11 is 1.45. The van der Waals surface area contributed by atoms with Gasteiger partial charge in [-0.2, -0.15) is 5.10 Å². The van der Waals surface area contributed by atoms with Crippen LogP contribution in [0.4, 0.5) is 0 Å². The fourth-order valence-corrected chi connectivity index (χ4v) is 1.11. The molecule has 0 aromatic carbocycles. The van der Waals surface area contributed by atoms with Gasteiger partial charge in [-0.1, -0.05) is 4.98 Å². The van der Waals surface area contributed by atoms with Crippen molar-refractivity contribution in [1.82, 2.24) is 20.2 Å². The van der Waals surface area contributed by atoms with Crippen LogP contribution in [0.3, 0.4) is 0 Å². The van der Waals surface area contributed by atoms with Gasteiger partial charge in [0.2, 0.25) is 12.7 Å². The molecule has 0 bridgehead atoms. The molecule has 0 aliphatic rings. The number of H-pyrrole nitrogens is 1. The molecular weight excluding hydrogens is 150 g/mol. The average Bonchev–Trinajstić information content (AvgIpc) is 2.59. The topological polar surface area (TPSA) is 58.3 Å². The molecule has 2 aromatic rings. The van der Waals surface area contributed by atoms with Crippen LogP contribution in [0.15, 0.2) is 18.2 Å². The highest BCUT2D eigenvalue weighted by Gasteiger charge is 2.05. The van der Waals surface area contributed by atoms with Gasteiger partial charge < -0.3 is 0 Å². The van der Waals surface area contributed by atoms with E-state index < -0.39 is 0 Å². The zero-order chi connectivity index (χ0) is 6.81. The van der Waals surface area contributed by atoms with E-state index in [0.717, 1.165) is 0 Å². The van der Waals surface area contributed by atoms with Crippen molar-refractivity contribution >= 4 is 11.5 Å². The maximum Gasteiger partial charge on any atom is 0.387 e. The second-order valence-corrected chi connectivity index (χ2v) is 2.43. The van der Waals surface area contributed by atoms with E-state index in [9.17, 15) is 0 Å². The lowest BCUT2D eigenvalue weighted by Gasteiger charge is -1.78. The summed E-state index contributed by atoms with van der Waals surface area (Å²) in [7, 11) is 0. The van der Waals surface area contributed by atoms with Gasteiger partial charge in [-0.05, 0) is 0 Å². The summed E-state index contributed by atoms with van der Waals surface area (Å²) in [6.45, 7) is 0. The SMILES string of the molecule is c1n[nH]c(-[n+]2cncs2)n1. The number of nitrogens with one attached hydrogen (secondary N) is 1. The Labute approximate surface area is 60.5 Å². The van der Waals surface area contributed by atoms with Crippen molar-refractivity contribution < 1.29 is 3.96 Å². The lowest BCUT2D eigenvalue weighted by molar-refractivity contribution is -0.531. The van der Waals surface area contributed by atoms with E-state index in [1.807, 2.05) is 0 Å². The Balaban J connectivity index is 2.48. The molecule has 0 saturated heterocycles. The normalized spacial score (nSPS) is 10.0.